The van der Waals surface area contributed by atoms with E-state index < -0.39 is 0 Å². The van der Waals surface area contributed by atoms with Gasteiger partial charge in [-0.15, -0.1) is 0 Å². The number of hydrogen-bond donors (Lipinski definition) is 1. The highest BCUT2D eigenvalue weighted by molar-refractivity contribution is 5.95. The zero-order valence-corrected chi connectivity index (χ0v) is 13.6. The highest BCUT2D eigenvalue weighted by atomic mass is 16.2. The molecular weight excluding hydrogens is 274 g/mol. The summed E-state index contributed by atoms with van der Waals surface area (Å²) in [4.78, 5) is 17.6. The average Bonchev–Trinajstić information content (AvgIpc) is 2.55. The van der Waals surface area contributed by atoms with Gasteiger partial charge in [0.2, 0.25) is 0 Å². The molecule has 0 atom stereocenters. The van der Waals surface area contributed by atoms with Gasteiger partial charge in [0.15, 0.2) is 0 Å². The smallest absolute Gasteiger partial charge is 0.254 e. The molecule has 2 N–H and O–H groups in total. The van der Waals surface area contributed by atoms with E-state index in [1.807, 2.05) is 24.3 Å². The van der Waals surface area contributed by atoms with Crippen LogP contribution in [0.2, 0.25) is 0 Å². The Bertz CT molecular complexity index is 520. The van der Waals surface area contributed by atoms with Gasteiger partial charge in [-0.1, -0.05) is 31.4 Å². The Labute approximate surface area is 133 Å². The van der Waals surface area contributed by atoms with Crippen molar-refractivity contribution in [2.24, 2.45) is 5.73 Å². The summed E-state index contributed by atoms with van der Waals surface area (Å²) < 4.78 is 0. The molecule has 1 aliphatic carbocycles. The standard InChI is InChI=1S/C18H27N3O/c1-20-11-12-21(18(14-20)9-3-2-4-10-18)17(22)16-7-5-15(13-19)6-8-16/h5-8H,2-4,9-14,19H2,1H3. The Kier molecular flexibility index (Phi) is 4.50. The van der Waals surface area contributed by atoms with Crippen molar-refractivity contribution in [1.29, 1.82) is 0 Å². The van der Waals surface area contributed by atoms with E-state index in [2.05, 4.69) is 16.8 Å². The summed E-state index contributed by atoms with van der Waals surface area (Å²) in [5.41, 5.74) is 7.56. The van der Waals surface area contributed by atoms with E-state index in [4.69, 9.17) is 5.73 Å². The summed E-state index contributed by atoms with van der Waals surface area (Å²) >= 11 is 0. The number of benzene rings is 1. The fourth-order valence-corrected chi connectivity index (χ4v) is 4.07. The summed E-state index contributed by atoms with van der Waals surface area (Å²) in [6.07, 6.45) is 6.07. The van der Waals surface area contributed by atoms with Gasteiger partial charge in [-0.25, -0.2) is 0 Å². The van der Waals surface area contributed by atoms with Crippen LogP contribution in [-0.4, -0.2) is 47.9 Å². The molecule has 2 aliphatic rings. The predicted molar refractivity (Wildman–Crippen MR) is 88.7 cm³/mol. The summed E-state index contributed by atoms with van der Waals surface area (Å²) in [6.45, 7) is 3.34. The highest BCUT2D eigenvalue weighted by Gasteiger charge is 2.43. The van der Waals surface area contributed by atoms with Gasteiger partial charge >= 0.3 is 0 Å². The molecular formula is C18H27N3O. The van der Waals surface area contributed by atoms with E-state index in [1.165, 1.54) is 19.3 Å². The molecule has 1 heterocycles. The third-order valence-electron chi connectivity index (χ3n) is 5.31. The lowest BCUT2D eigenvalue weighted by molar-refractivity contribution is -0.00778. The number of piperazine rings is 1. The normalized spacial score (nSPS) is 22.0. The third kappa shape index (κ3) is 2.90. The van der Waals surface area contributed by atoms with Crippen molar-refractivity contribution < 1.29 is 4.79 Å². The van der Waals surface area contributed by atoms with Crippen molar-refractivity contribution in [1.82, 2.24) is 9.80 Å². The molecule has 22 heavy (non-hydrogen) atoms. The minimum absolute atomic E-state index is 0.0505. The molecule has 1 aliphatic heterocycles. The van der Waals surface area contributed by atoms with Crippen molar-refractivity contribution in [2.45, 2.75) is 44.2 Å². The summed E-state index contributed by atoms with van der Waals surface area (Å²) in [5, 5.41) is 0. The minimum Gasteiger partial charge on any atom is -0.330 e. The number of nitrogens with zero attached hydrogens (tertiary/aromatic N) is 2. The van der Waals surface area contributed by atoms with E-state index >= 15 is 0 Å². The molecule has 3 rings (SSSR count). The van der Waals surface area contributed by atoms with Crippen LogP contribution in [0, 0.1) is 0 Å². The van der Waals surface area contributed by atoms with Crippen LogP contribution in [0.1, 0.15) is 48.0 Å². The Balaban J connectivity index is 1.84. The molecule has 1 saturated heterocycles. The van der Waals surface area contributed by atoms with Gasteiger partial charge in [-0.3, -0.25) is 4.79 Å². The van der Waals surface area contributed by atoms with Crippen molar-refractivity contribution in [3.63, 3.8) is 0 Å². The van der Waals surface area contributed by atoms with E-state index in [1.54, 1.807) is 0 Å². The van der Waals surface area contributed by atoms with Crippen LogP contribution < -0.4 is 5.73 Å². The molecule has 2 fully saturated rings. The highest BCUT2D eigenvalue weighted by Crippen LogP contribution is 2.37. The number of hydrogen-bond acceptors (Lipinski definition) is 3. The Hall–Kier alpha value is -1.39. The number of nitrogens with two attached hydrogens (primary N) is 1. The second kappa shape index (κ2) is 6.39. The summed E-state index contributed by atoms with van der Waals surface area (Å²) in [7, 11) is 2.17. The number of likely N-dealkylation sites (N-methyl/N-ethyl adjacent to an activating group) is 1. The SMILES string of the molecule is CN1CCN(C(=O)c2ccc(CN)cc2)C2(CCCCC2)C1. The van der Waals surface area contributed by atoms with Crippen LogP contribution in [0.3, 0.4) is 0 Å². The Morgan fingerprint density at radius 1 is 1.14 bits per heavy atom. The maximum Gasteiger partial charge on any atom is 0.254 e. The number of rotatable bonds is 2. The second-order valence-corrected chi connectivity index (χ2v) is 6.88. The largest absolute Gasteiger partial charge is 0.330 e. The van der Waals surface area contributed by atoms with Gasteiger partial charge in [0, 0.05) is 31.7 Å². The first kappa shape index (κ1) is 15.5. The lowest BCUT2D eigenvalue weighted by atomic mass is 9.78. The van der Waals surface area contributed by atoms with Crippen LogP contribution in [-0.2, 0) is 6.54 Å². The van der Waals surface area contributed by atoms with Crippen LogP contribution in [0.25, 0.3) is 0 Å². The zero-order chi connectivity index (χ0) is 15.6. The topological polar surface area (TPSA) is 49.6 Å². The van der Waals surface area contributed by atoms with Gasteiger partial charge in [0.05, 0.1) is 5.54 Å². The molecule has 1 spiro atoms. The average molecular weight is 301 g/mol. The molecule has 0 radical (unpaired) electrons. The fourth-order valence-electron chi connectivity index (χ4n) is 4.07. The van der Waals surface area contributed by atoms with Crippen LogP contribution in [0.15, 0.2) is 24.3 Å². The quantitative estimate of drug-likeness (QED) is 0.911. The fraction of sp³-hybridized carbons (Fsp3) is 0.611. The first-order valence-corrected chi connectivity index (χ1v) is 8.44. The van der Waals surface area contributed by atoms with Gasteiger partial charge in [0.25, 0.3) is 5.91 Å². The Morgan fingerprint density at radius 2 is 1.82 bits per heavy atom. The molecule has 0 aromatic heterocycles. The molecule has 1 amide bonds. The van der Waals surface area contributed by atoms with Gasteiger partial charge < -0.3 is 15.5 Å². The van der Waals surface area contributed by atoms with E-state index in [0.717, 1.165) is 43.6 Å². The molecule has 0 bridgehead atoms. The van der Waals surface area contributed by atoms with E-state index in [-0.39, 0.29) is 11.4 Å². The van der Waals surface area contributed by atoms with Crippen LogP contribution >= 0.6 is 0 Å². The number of carbonyl (C=O) groups is 1. The third-order valence-corrected chi connectivity index (χ3v) is 5.31. The van der Waals surface area contributed by atoms with Gasteiger partial charge in [-0.2, -0.15) is 0 Å². The van der Waals surface area contributed by atoms with Gasteiger partial charge in [-0.05, 0) is 37.6 Å². The first-order valence-electron chi connectivity index (χ1n) is 8.44. The van der Waals surface area contributed by atoms with Crippen molar-refractivity contribution >= 4 is 5.91 Å². The molecule has 1 aromatic carbocycles. The maximum absolute atomic E-state index is 13.1. The predicted octanol–water partition coefficient (Wildman–Crippen LogP) is 2.24. The van der Waals surface area contributed by atoms with Gasteiger partial charge in [0.1, 0.15) is 0 Å². The second-order valence-electron chi connectivity index (χ2n) is 6.88. The van der Waals surface area contributed by atoms with Crippen LogP contribution in [0.4, 0.5) is 0 Å². The molecule has 4 heteroatoms. The summed E-state index contributed by atoms with van der Waals surface area (Å²) in [6, 6.07) is 7.80. The summed E-state index contributed by atoms with van der Waals surface area (Å²) in [5.74, 6) is 0.193. The van der Waals surface area contributed by atoms with Crippen LogP contribution in [0.5, 0.6) is 0 Å². The lowest BCUT2D eigenvalue weighted by Crippen LogP contribution is -2.63. The molecule has 1 aromatic rings. The number of carbonyl (C=O) groups excluding carboxylic acids is 1. The van der Waals surface area contributed by atoms with E-state index in [0.29, 0.717) is 6.54 Å². The van der Waals surface area contributed by atoms with Crippen molar-refractivity contribution in [2.75, 3.05) is 26.7 Å². The van der Waals surface area contributed by atoms with Crippen molar-refractivity contribution in [3.05, 3.63) is 35.4 Å². The minimum atomic E-state index is 0.0505. The lowest BCUT2D eigenvalue weighted by Gasteiger charge is -2.52. The van der Waals surface area contributed by atoms with Crippen molar-refractivity contribution in [3.8, 4) is 0 Å². The van der Waals surface area contributed by atoms with E-state index in [9.17, 15) is 4.79 Å². The number of amides is 1. The molecule has 4 nitrogen and oxygen atoms in total. The molecule has 0 unspecified atom stereocenters. The molecule has 120 valence electrons. The first-order chi connectivity index (χ1) is 10.6. The molecule has 1 saturated carbocycles. The monoisotopic (exact) mass is 301 g/mol. The Morgan fingerprint density at radius 3 is 2.45 bits per heavy atom. The maximum atomic E-state index is 13.1. The zero-order valence-electron chi connectivity index (χ0n) is 13.6.